The first kappa shape index (κ1) is 12.5. The smallest absolute Gasteiger partial charge is 0.234 e. The maximum atomic E-state index is 11.6. The Morgan fingerprint density at radius 2 is 2.40 bits per heavy atom. The van der Waals surface area contributed by atoms with Crippen LogP contribution in [0.2, 0.25) is 0 Å². The molecule has 1 fully saturated rings. The molecule has 0 saturated carbocycles. The van der Waals surface area contributed by atoms with E-state index in [1.54, 1.807) is 0 Å². The largest absolute Gasteiger partial charge is 0.355 e. The zero-order chi connectivity index (χ0) is 11.1. The van der Waals surface area contributed by atoms with Gasteiger partial charge < -0.3 is 10.6 Å². The molecule has 0 aliphatic carbocycles. The Morgan fingerprint density at radius 1 is 1.60 bits per heavy atom. The number of unbranched alkanes of at least 4 members (excludes halogenated alkanes) is 1. The van der Waals surface area contributed by atoms with Crippen LogP contribution >= 0.6 is 0 Å². The molecule has 1 heterocycles. The normalized spacial score (nSPS) is 22.7. The van der Waals surface area contributed by atoms with Gasteiger partial charge in [-0.2, -0.15) is 0 Å². The molecule has 1 aliphatic heterocycles. The number of amides is 1. The van der Waals surface area contributed by atoms with E-state index in [0.29, 0.717) is 12.6 Å². The lowest BCUT2D eigenvalue weighted by atomic mass is 10.2. The zero-order valence-corrected chi connectivity index (χ0v) is 9.88. The number of piperazine rings is 1. The van der Waals surface area contributed by atoms with Gasteiger partial charge in [-0.15, -0.1) is 0 Å². The van der Waals surface area contributed by atoms with E-state index in [1.807, 2.05) is 0 Å². The molecular weight excluding hydrogens is 190 g/mol. The lowest BCUT2D eigenvalue weighted by Crippen LogP contribution is -2.52. The van der Waals surface area contributed by atoms with Gasteiger partial charge in [-0.1, -0.05) is 13.3 Å². The molecule has 15 heavy (non-hydrogen) atoms. The first-order chi connectivity index (χ1) is 7.24. The molecule has 1 saturated heterocycles. The third-order valence-electron chi connectivity index (χ3n) is 2.84. The van der Waals surface area contributed by atoms with Crippen molar-refractivity contribution in [1.82, 2.24) is 15.5 Å². The monoisotopic (exact) mass is 213 g/mol. The zero-order valence-electron chi connectivity index (χ0n) is 9.88. The van der Waals surface area contributed by atoms with Crippen LogP contribution in [0.25, 0.3) is 0 Å². The second kappa shape index (κ2) is 6.80. The SMILES string of the molecule is CCCCNC(=O)CN1CCNCC1C. The molecule has 1 amide bonds. The summed E-state index contributed by atoms with van der Waals surface area (Å²) in [6.07, 6.45) is 2.20. The van der Waals surface area contributed by atoms with Crippen molar-refractivity contribution in [3.8, 4) is 0 Å². The fourth-order valence-electron chi connectivity index (χ4n) is 1.76. The number of rotatable bonds is 5. The molecule has 0 spiro atoms. The average Bonchev–Trinajstić information content (AvgIpc) is 2.22. The molecule has 88 valence electrons. The second-order valence-electron chi connectivity index (χ2n) is 4.23. The van der Waals surface area contributed by atoms with Gasteiger partial charge in [0.2, 0.25) is 5.91 Å². The van der Waals surface area contributed by atoms with Crippen molar-refractivity contribution in [2.75, 3.05) is 32.7 Å². The summed E-state index contributed by atoms with van der Waals surface area (Å²) in [7, 11) is 0. The summed E-state index contributed by atoms with van der Waals surface area (Å²) in [6.45, 7) is 8.61. The number of nitrogens with one attached hydrogen (secondary N) is 2. The average molecular weight is 213 g/mol. The number of nitrogens with zero attached hydrogens (tertiary/aromatic N) is 1. The van der Waals surface area contributed by atoms with Crippen molar-refractivity contribution in [3.05, 3.63) is 0 Å². The van der Waals surface area contributed by atoms with Crippen molar-refractivity contribution >= 4 is 5.91 Å². The maximum Gasteiger partial charge on any atom is 0.234 e. The van der Waals surface area contributed by atoms with Gasteiger partial charge in [0, 0.05) is 32.2 Å². The molecular formula is C11H23N3O. The molecule has 2 N–H and O–H groups in total. The molecule has 1 rings (SSSR count). The standard InChI is InChI=1S/C11H23N3O/c1-3-4-5-13-11(15)9-14-7-6-12-8-10(14)2/h10,12H,3-9H2,1-2H3,(H,13,15). The summed E-state index contributed by atoms with van der Waals surface area (Å²) in [5.41, 5.74) is 0. The van der Waals surface area contributed by atoms with Crippen molar-refractivity contribution in [1.29, 1.82) is 0 Å². The Balaban J connectivity index is 2.18. The van der Waals surface area contributed by atoms with Crippen LogP contribution in [0.1, 0.15) is 26.7 Å². The van der Waals surface area contributed by atoms with E-state index < -0.39 is 0 Å². The van der Waals surface area contributed by atoms with E-state index in [1.165, 1.54) is 0 Å². The van der Waals surface area contributed by atoms with Gasteiger partial charge in [-0.25, -0.2) is 0 Å². The topological polar surface area (TPSA) is 44.4 Å². The summed E-state index contributed by atoms with van der Waals surface area (Å²) in [4.78, 5) is 13.8. The van der Waals surface area contributed by atoms with Gasteiger partial charge in [-0.05, 0) is 13.3 Å². The fraction of sp³-hybridized carbons (Fsp3) is 0.909. The van der Waals surface area contributed by atoms with E-state index in [2.05, 4.69) is 29.4 Å². The van der Waals surface area contributed by atoms with Crippen molar-refractivity contribution < 1.29 is 4.79 Å². The highest BCUT2D eigenvalue weighted by molar-refractivity contribution is 5.78. The summed E-state index contributed by atoms with van der Waals surface area (Å²) >= 11 is 0. The second-order valence-corrected chi connectivity index (χ2v) is 4.23. The van der Waals surface area contributed by atoms with Crippen LogP contribution in [0.15, 0.2) is 0 Å². The predicted octanol–water partition coefficient (Wildman–Crippen LogP) is 0.196. The Kier molecular flexibility index (Phi) is 5.65. The molecule has 0 aromatic heterocycles. The van der Waals surface area contributed by atoms with E-state index in [9.17, 15) is 4.79 Å². The Morgan fingerprint density at radius 3 is 3.07 bits per heavy atom. The Hall–Kier alpha value is -0.610. The number of hydrogen-bond acceptors (Lipinski definition) is 3. The van der Waals surface area contributed by atoms with Gasteiger partial charge in [0.1, 0.15) is 0 Å². The first-order valence-electron chi connectivity index (χ1n) is 5.95. The third kappa shape index (κ3) is 4.62. The third-order valence-corrected chi connectivity index (χ3v) is 2.84. The van der Waals surface area contributed by atoms with Gasteiger partial charge in [0.15, 0.2) is 0 Å². The number of carbonyl (C=O) groups excluding carboxylic acids is 1. The molecule has 0 bridgehead atoms. The van der Waals surface area contributed by atoms with Crippen LogP contribution in [0.4, 0.5) is 0 Å². The van der Waals surface area contributed by atoms with Gasteiger partial charge >= 0.3 is 0 Å². The van der Waals surface area contributed by atoms with Crippen molar-refractivity contribution in [2.24, 2.45) is 0 Å². The van der Waals surface area contributed by atoms with Crippen LogP contribution in [0.5, 0.6) is 0 Å². The fourth-order valence-corrected chi connectivity index (χ4v) is 1.76. The molecule has 0 aromatic rings. The van der Waals surface area contributed by atoms with Crippen LogP contribution in [0, 0.1) is 0 Å². The van der Waals surface area contributed by atoms with E-state index in [4.69, 9.17) is 0 Å². The highest BCUT2D eigenvalue weighted by Gasteiger charge is 2.19. The molecule has 4 nitrogen and oxygen atoms in total. The summed E-state index contributed by atoms with van der Waals surface area (Å²) in [6, 6.07) is 0.468. The maximum absolute atomic E-state index is 11.6. The molecule has 4 heteroatoms. The quantitative estimate of drug-likeness (QED) is 0.641. The van der Waals surface area contributed by atoms with E-state index in [0.717, 1.165) is 39.0 Å². The number of carbonyl (C=O) groups is 1. The lowest BCUT2D eigenvalue weighted by molar-refractivity contribution is -0.122. The Labute approximate surface area is 92.4 Å². The van der Waals surface area contributed by atoms with Gasteiger partial charge in [0.05, 0.1) is 6.54 Å². The highest BCUT2D eigenvalue weighted by Crippen LogP contribution is 2.00. The summed E-state index contributed by atoms with van der Waals surface area (Å²) < 4.78 is 0. The van der Waals surface area contributed by atoms with E-state index >= 15 is 0 Å². The van der Waals surface area contributed by atoms with Crippen LogP contribution in [-0.2, 0) is 4.79 Å². The summed E-state index contributed by atoms with van der Waals surface area (Å²) in [5, 5.41) is 6.27. The van der Waals surface area contributed by atoms with Crippen molar-refractivity contribution in [2.45, 2.75) is 32.7 Å². The number of hydrogen-bond donors (Lipinski definition) is 2. The predicted molar refractivity (Wildman–Crippen MR) is 61.8 cm³/mol. The van der Waals surface area contributed by atoms with E-state index in [-0.39, 0.29) is 5.91 Å². The highest BCUT2D eigenvalue weighted by atomic mass is 16.2. The molecule has 0 aromatic carbocycles. The summed E-state index contributed by atoms with van der Waals surface area (Å²) in [5.74, 6) is 0.164. The Bertz CT molecular complexity index is 196. The molecule has 1 atom stereocenters. The minimum Gasteiger partial charge on any atom is -0.355 e. The minimum atomic E-state index is 0.164. The van der Waals surface area contributed by atoms with Crippen LogP contribution in [0.3, 0.4) is 0 Å². The molecule has 0 radical (unpaired) electrons. The van der Waals surface area contributed by atoms with Gasteiger partial charge in [-0.3, -0.25) is 9.69 Å². The van der Waals surface area contributed by atoms with Gasteiger partial charge in [0.25, 0.3) is 0 Å². The minimum absolute atomic E-state index is 0.164. The van der Waals surface area contributed by atoms with Crippen molar-refractivity contribution in [3.63, 3.8) is 0 Å². The lowest BCUT2D eigenvalue weighted by Gasteiger charge is -2.33. The van der Waals surface area contributed by atoms with Crippen LogP contribution < -0.4 is 10.6 Å². The first-order valence-corrected chi connectivity index (χ1v) is 5.95. The molecule has 1 unspecified atom stereocenters. The van der Waals surface area contributed by atoms with Crippen LogP contribution in [-0.4, -0.2) is 49.6 Å². The molecule has 1 aliphatic rings.